The Morgan fingerprint density at radius 2 is 1.88 bits per heavy atom. The molecular weight excluding hydrogens is 321 g/mol. The summed E-state index contributed by atoms with van der Waals surface area (Å²) in [5.74, 6) is 0.206. The zero-order valence-electron chi connectivity index (χ0n) is 14.5. The fourth-order valence-electron chi connectivity index (χ4n) is 4.39. The minimum absolute atomic E-state index is 0.164. The highest BCUT2D eigenvalue weighted by Gasteiger charge is 2.22. The number of hydrogen-bond donors (Lipinski definition) is 1. The number of allylic oxidation sites excluding steroid dienone is 5. The van der Waals surface area contributed by atoms with Crippen LogP contribution in [0.5, 0.6) is 0 Å². The molecule has 26 heavy (non-hydrogen) atoms. The van der Waals surface area contributed by atoms with Gasteiger partial charge < -0.3 is 5.32 Å². The molecule has 0 saturated heterocycles. The Balaban J connectivity index is 1.68. The normalized spacial score (nSPS) is 19.7. The van der Waals surface area contributed by atoms with Crippen molar-refractivity contribution < 1.29 is 4.39 Å². The second-order valence-electron chi connectivity index (χ2n) is 7.08. The fourth-order valence-corrected chi connectivity index (χ4v) is 4.39. The molecular formula is C24H20FN. The van der Waals surface area contributed by atoms with E-state index in [0.29, 0.717) is 5.92 Å². The van der Waals surface area contributed by atoms with E-state index in [9.17, 15) is 4.39 Å². The maximum absolute atomic E-state index is 13.8. The molecule has 2 heteroatoms. The van der Waals surface area contributed by atoms with Gasteiger partial charge in [0.1, 0.15) is 5.82 Å². The smallest absolute Gasteiger partial charge is 0.123 e. The molecule has 0 bridgehead atoms. The van der Waals surface area contributed by atoms with Crippen LogP contribution in [-0.2, 0) is 6.42 Å². The molecule has 2 aliphatic carbocycles. The summed E-state index contributed by atoms with van der Waals surface area (Å²) >= 11 is 0. The van der Waals surface area contributed by atoms with Crippen molar-refractivity contribution in [3.63, 3.8) is 0 Å². The lowest BCUT2D eigenvalue weighted by atomic mass is 9.81. The predicted molar refractivity (Wildman–Crippen MR) is 105 cm³/mol. The average molecular weight is 341 g/mol. The standard InChI is InChI=1S/C24H20FN/c25-17-10-8-16-9-11-19-18-5-4-6-22(24-7-2-1-3-14-26-24)20(18)12-13-21(19)23(16)15-17/h1-3,5,7-8,10-15,22,26H,4,6,9H2. The van der Waals surface area contributed by atoms with Crippen LogP contribution < -0.4 is 15.8 Å². The topological polar surface area (TPSA) is 12.0 Å². The molecule has 128 valence electrons. The van der Waals surface area contributed by atoms with Gasteiger partial charge in [-0.15, -0.1) is 0 Å². The predicted octanol–water partition coefficient (Wildman–Crippen LogP) is 4.04. The third-order valence-corrected chi connectivity index (χ3v) is 5.61. The van der Waals surface area contributed by atoms with E-state index in [1.165, 1.54) is 27.3 Å². The van der Waals surface area contributed by atoms with Crippen LogP contribution in [0.1, 0.15) is 29.9 Å². The van der Waals surface area contributed by atoms with E-state index >= 15 is 0 Å². The average Bonchev–Trinajstić information content (AvgIpc) is 2.96. The van der Waals surface area contributed by atoms with Gasteiger partial charge in [-0.3, -0.25) is 0 Å². The number of nitrogens with one attached hydrogen (secondary N) is 1. The van der Waals surface area contributed by atoms with Gasteiger partial charge in [0.2, 0.25) is 0 Å². The Hall–Kier alpha value is -2.87. The third kappa shape index (κ3) is 2.45. The van der Waals surface area contributed by atoms with Crippen molar-refractivity contribution in [3.05, 3.63) is 93.9 Å². The number of benzene rings is 2. The quantitative estimate of drug-likeness (QED) is 0.825. The molecule has 0 fully saturated rings. The van der Waals surface area contributed by atoms with E-state index in [0.717, 1.165) is 30.4 Å². The van der Waals surface area contributed by atoms with Gasteiger partial charge in [0, 0.05) is 17.8 Å². The van der Waals surface area contributed by atoms with E-state index in [1.807, 2.05) is 24.4 Å². The van der Waals surface area contributed by atoms with E-state index in [4.69, 9.17) is 0 Å². The van der Waals surface area contributed by atoms with Gasteiger partial charge in [0.05, 0.1) is 0 Å². The molecule has 1 aliphatic heterocycles. The maximum atomic E-state index is 13.8. The number of halogens is 1. The summed E-state index contributed by atoms with van der Waals surface area (Å²) in [5, 5.41) is 6.04. The molecule has 0 saturated carbocycles. The second kappa shape index (κ2) is 6.14. The molecule has 2 aromatic rings. The zero-order chi connectivity index (χ0) is 17.5. The van der Waals surface area contributed by atoms with Crippen LogP contribution in [0, 0.1) is 5.82 Å². The third-order valence-electron chi connectivity index (χ3n) is 5.61. The maximum Gasteiger partial charge on any atom is 0.123 e. The van der Waals surface area contributed by atoms with E-state index in [2.05, 4.69) is 41.8 Å². The summed E-state index contributed by atoms with van der Waals surface area (Å²) in [5.41, 5.74) is 6.01. The van der Waals surface area contributed by atoms with Gasteiger partial charge in [-0.2, -0.15) is 0 Å². The molecule has 1 nitrogen and oxygen atoms in total. The molecule has 0 amide bonds. The van der Waals surface area contributed by atoms with Gasteiger partial charge in [-0.05, 0) is 76.2 Å². The van der Waals surface area contributed by atoms with E-state index in [-0.39, 0.29) is 5.82 Å². The molecule has 3 aliphatic rings. The lowest BCUT2D eigenvalue weighted by molar-refractivity contribution is 0.627. The molecule has 0 spiro atoms. The summed E-state index contributed by atoms with van der Waals surface area (Å²) in [6.45, 7) is 0. The lowest BCUT2D eigenvalue weighted by Crippen LogP contribution is -2.36. The Labute approximate surface area is 152 Å². The van der Waals surface area contributed by atoms with Crippen LogP contribution in [0.4, 0.5) is 4.39 Å². The minimum atomic E-state index is -0.164. The van der Waals surface area contributed by atoms with Crippen molar-refractivity contribution >= 4 is 12.2 Å². The van der Waals surface area contributed by atoms with Gasteiger partial charge in [-0.1, -0.05) is 42.5 Å². The summed E-state index contributed by atoms with van der Waals surface area (Å²) in [4.78, 5) is 0. The van der Waals surface area contributed by atoms with Crippen molar-refractivity contribution in [2.75, 3.05) is 0 Å². The summed E-state index contributed by atoms with van der Waals surface area (Å²) in [7, 11) is 0. The lowest BCUT2D eigenvalue weighted by Gasteiger charge is -2.26. The Kier molecular flexibility index (Phi) is 3.63. The van der Waals surface area contributed by atoms with Crippen molar-refractivity contribution in [1.82, 2.24) is 5.32 Å². The summed E-state index contributed by atoms with van der Waals surface area (Å²) in [6, 6.07) is 9.57. The van der Waals surface area contributed by atoms with Gasteiger partial charge >= 0.3 is 0 Å². The van der Waals surface area contributed by atoms with Gasteiger partial charge in [-0.25, -0.2) is 4.39 Å². The minimum Gasteiger partial charge on any atom is -0.364 e. The first kappa shape index (κ1) is 15.4. The molecule has 0 aromatic heterocycles. The van der Waals surface area contributed by atoms with E-state index in [1.54, 1.807) is 12.1 Å². The zero-order valence-corrected chi connectivity index (χ0v) is 14.5. The largest absolute Gasteiger partial charge is 0.364 e. The van der Waals surface area contributed by atoms with Crippen LogP contribution in [0.3, 0.4) is 0 Å². The number of rotatable bonds is 1. The van der Waals surface area contributed by atoms with Crippen LogP contribution >= 0.6 is 0 Å². The summed E-state index contributed by atoms with van der Waals surface area (Å²) < 4.78 is 13.8. The summed E-state index contributed by atoms with van der Waals surface area (Å²) in [6.07, 6.45) is 18.0. The molecule has 1 atom stereocenters. The molecule has 1 N–H and O–H groups in total. The van der Waals surface area contributed by atoms with Gasteiger partial charge in [0.15, 0.2) is 0 Å². The van der Waals surface area contributed by atoms with Crippen LogP contribution in [0.15, 0.2) is 66.5 Å². The number of fused-ring (bicyclic) bond motifs is 5. The highest BCUT2D eigenvalue weighted by molar-refractivity contribution is 5.74. The Morgan fingerprint density at radius 3 is 2.85 bits per heavy atom. The molecule has 2 aromatic carbocycles. The Bertz CT molecular complexity index is 1100. The van der Waals surface area contributed by atoms with E-state index < -0.39 is 0 Å². The van der Waals surface area contributed by atoms with Crippen LogP contribution in [0.2, 0.25) is 0 Å². The molecule has 1 heterocycles. The first-order chi connectivity index (χ1) is 12.8. The SMILES string of the molecule is Fc1ccc2c(c1)-c1ccc3c(c1=CC2)=CCCC3C1=CC=CC=CN1. The molecule has 5 rings (SSSR count). The highest BCUT2D eigenvalue weighted by Crippen LogP contribution is 2.31. The van der Waals surface area contributed by atoms with Crippen molar-refractivity contribution in [2.45, 2.75) is 25.2 Å². The second-order valence-corrected chi connectivity index (χ2v) is 7.08. The monoisotopic (exact) mass is 341 g/mol. The molecule has 0 radical (unpaired) electrons. The van der Waals surface area contributed by atoms with Crippen molar-refractivity contribution in [3.8, 4) is 11.1 Å². The van der Waals surface area contributed by atoms with Crippen LogP contribution in [-0.4, -0.2) is 0 Å². The highest BCUT2D eigenvalue weighted by atomic mass is 19.1. The Morgan fingerprint density at radius 1 is 0.923 bits per heavy atom. The van der Waals surface area contributed by atoms with Crippen LogP contribution in [0.25, 0.3) is 23.3 Å². The molecule has 1 unspecified atom stereocenters. The van der Waals surface area contributed by atoms with Crippen molar-refractivity contribution in [1.29, 1.82) is 0 Å². The van der Waals surface area contributed by atoms with Gasteiger partial charge in [0.25, 0.3) is 0 Å². The fraction of sp³-hybridized carbons (Fsp3) is 0.167. The first-order valence-electron chi connectivity index (χ1n) is 9.23. The first-order valence-corrected chi connectivity index (χ1v) is 9.23. The van der Waals surface area contributed by atoms with Crippen molar-refractivity contribution in [2.24, 2.45) is 0 Å². The number of hydrogen-bond acceptors (Lipinski definition) is 1.